The fraction of sp³-hybridized carbons (Fsp3) is 0.278. The first kappa shape index (κ1) is 16.4. The largest absolute Gasteiger partial charge is 0.322 e. The Balaban J connectivity index is 1.63. The number of nitrogens with one attached hydrogen (secondary N) is 1. The maximum absolute atomic E-state index is 13.6. The predicted molar refractivity (Wildman–Crippen MR) is 91.1 cm³/mol. The number of hydrogen-bond donors (Lipinski definition) is 1. The molecule has 0 saturated heterocycles. The summed E-state index contributed by atoms with van der Waals surface area (Å²) in [6.07, 6.45) is 6.78. The lowest BCUT2D eigenvalue weighted by molar-refractivity contribution is -0.116. The summed E-state index contributed by atoms with van der Waals surface area (Å²) >= 11 is 0. The normalized spacial score (nSPS) is 13.6. The van der Waals surface area contributed by atoms with Gasteiger partial charge in [0, 0.05) is 24.0 Å². The maximum Gasteiger partial charge on any atom is 0.277 e. The van der Waals surface area contributed by atoms with Crippen LogP contribution in [0.15, 0.2) is 35.4 Å². The van der Waals surface area contributed by atoms with Crippen molar-refractivity contribution in [2.45, 2.75) is 32.2 Å². The number of carbonyl (C=O) groups is 1. The molecule has 0 spiro atoms. The molecule has 1 aliphatic rings. The van der Waals surface area contributed by atoms with Crippen molar-refractivity contribution >= 4 is 17.1 Å². The van der Waals surface area contributed by atoms with Crippen LogP contribution in [-0.4, -0.2) is 20.1 Å². The highest BCUT2D eigenvalue weighted by Gasteiger charge is 2.20. The first-order valence-corrected chi connectivity index (χ1v) is 8.37. The smallest absolute Gasteiger partial charge is 0.277 e. The lowest BCUT2D eigenvalue weighted by atomic mass is 9.97. The van der Waals surface area contributed by atoms with Crippen molar-refractivity contribution in [3.05, 3.63) is 63.8 Å². The highest BCUT2D eigenvalue weighted by Crippen LogP contribution is 2.22. The van der Waals surface area contributed by atoms with Crippen molar-refractivity contribution in [1.29, 1.82) is 0 Å². The van der Waals surface area contributed by atoms with Crippen molar-refractivity contribution in [2.24, 2.45) is 0 Å². The second-order valence-electron chi connectivity index (χ2n) is 6.33. The summed E-state index contributed by atoms with van der Waals surface area (Å²) in [5, 5.41) is 6.73. The third kappa shape index (κ3) is 2.87. The molecule has 26 heavy (non-hydrogen) atoms. The van der Waals surface area contributed by atoms with Gasteiger partial charge in [-0.25, -0.2) is 13.3 Å². The molecule has 1 aromatic carbocycles. The van der Waals surface area contributed by atoms with E-state index in [1.807, 2.05) is 0 Å². The molecular weight excluding hydrogens is 342 g/mol. The second kappa shape index (κ2) is 6.36. The number of hydrogen-bond acceptors (Lipinski definition) is 3. The number of benzene rings is 1. The van der Waals surface area contributed by atoms with E-state index >= 15 is 0 Å². The van der Waals surface area contributed by atoms with Crippen molar-refractivity contribution < 1.29 is 13.6 Å². The van der Waals surface area contributed by atoms with Gasteiger partial charge < -0.3 is 9.88 Å². The third-order valence-corrected chi connectivity index (χ3v) is 4.55. The van der Waals surface area contributed by atoms with Gasteiger partial charge in [0.2, 0.25) is 5.91 Å². The lowest BCUT2D eigenvalue weighted by Gasteiger charge is -2.10. The minimum Gasteiger partial charge on any atom is -0.322 e. The van der Waals surface area contributed by atoms with Crippen molar-refractivity contribution in [3.8, 4) is 0 Å². The Labute approximate surface area is 147 Å². The van der Waals surface area contributed by atoms with Crippen LogP contribution in [0.4, 0.5) is 14.5 Å². The number of fused-ring (bicyclic) bond motifs is 3. The van der Waals surface area contributed by atoms with E-state index in [9.17, 15) is 18.4 Å². The highest BCUT2D eigenvalue weighted by atomic mass is 19.1. The zero-order valence-corrected chi connectivity index (χ0v) is 13.8. The molecule has 0 saturated carbocycles. The number of aromatic nitrogens is 3. The Kier molecular flexibility index (Phi) is 4.02. The molecular formula is C18H16F2N4O2. The van der Waals surface area contributed by atoms with Gasteiger partial charge in [0.1, 0.15) is 23.7 Å². The Bertz CT molecular complexity index is 1070. The van der Waals surface area contributed by atoms with Crippen LogP contribution in [0.5, 0.6) is 0 Å². The summed E-state index contributed by atoms with van der Waals surface area (Å²) in [6.45, 7) is -0.300. The van der Waals surface area contributed by atoms with Crippen LogP contribution in [0, 0.1) is 11.6 Å². The molecule has 134 valence electrons. The number of carbonyl (C=O) groups excluding carboxylic acids is 1. The molecule has 1 aliphatic carbocycles. The summed E-state index contributed by atoms with van der Waals surface area (Å²) in [5.74, 6) is -2.02. The molecule has 0 bridgehead atoms. The Morgan fingerprint density at radius 1 is 1.19 bits per heavy atom. The number of halogens is 2. The fourth-order valence-electron chi connectivity index (χ4n) is 3.32. The third-order valence-electron chi connectivity index (χ3n) is 4.55. The van der Waals surface area contributed by atoms with Gasteiger partial charge in [-0.2, -0.15) is 5.10 Å². The number of aryl methyl sites for hydroxylation is 2. The molecule has 3 aromatic rings. The first-order chi connectivity index (χ1) is 12.5. The summed E-state index contributed by atoms with van der Waals surface area (Å²) in [7, 11) is 0. The Hall–Kier alpha value is -3.03. The standard InChI is InChI=1S/C18H16F2N4O2/c19-11-5-6-13(20)15(9-11)21-16(25)10-23-7-8-24-17(18(23)26)12-3-1-2-4-14(12)22-24/h5-9H,1-4,10H2,(H,21,25). The quantitative estimate of drug-likeness (QED) is 0.781. The molecule has 4 rings (SSSR count). The minimum absolute atomic E-state index is 0.258. The Morgan fingerprint density at radius 2 is 2.00 bits per heavy atom. The number of nitrogens with zero attached hydrogens (tertiary/aromatic N) is 3. The average molecular weight is 358 g/mol. The molecule has 0 radical (unpaired) electrons. The number of anilines is 1. The van der Waals surface area contributed by atoms with Crippen LogP contribution >= 0.6 is 0 Å². The summed E-state index contributed by atoms with van der Waals surface area (Å²) in [4.78, 5) is 24.9. The molecule has 8 heteroatoms. The molecule has 0 unspecified atom stereocenters. The zero-order valence-electron chi connectivity index (χ0n) is 13.8. The van der Waals surface area contributed by atoms with Gasteiger partial charge in [-0.05, 0) is 37.8 Å². The van der Waals surface area contributed by atoms with Gasteiger partial charge in [0.05, 0.1) is 11.4 Å². The van der Waals surface area contributed by atoms with Gasteiger partial charge in [-0.3, -0.25) is 9.59 Å². The molecule has 2 heterocycles. The van der Waals surface area contributed by atoms with E-state index in [-0.39, 0.29) is 17.8 Å². The molecule has 2 aromatic heterocycles. The van der Waals surface area contributed by atoms with Gasteiger partial charge in [0.15, 0.2) is 0 Å². The van der Waals surface area contributed by atoms with Crippen LogP contribution in [0.3, 0.4) is 0 Å². The molecule has 0 fully saturated rings. The highest BCUT2D eigenvalue weighted by molar-refractivity contribution is 5.90. The number of rotatable bonds is 3. The zero-order chi connectivity index (χ0) is 18.3. The fourth-order valence-corrected chi connectivity index (χ4v) is 3.32. The Morgan fingerprint density at radius 3 is 2.85 bits per heavy atom. The first-order valence-electron chi connectivity index (χ1n) is 8.37. The van der Waals surface area contributed by atoms with Gasteiger partial charge >= 0.3 is 0 Å². The van der Waals surface area contributed by atoms with Crippen LogP contribution < -0.4 is 10.9 Å². The minimum atomic E-state index is -0.743. The van der Waals surface area contributed by atoms with E-state index < -0.39 is 17.5 Å². The van der Waals surface area contributed by atoms with E-state index in [1.165, 1.54) is 10.8 Å². The van der Waals surface area contributed by atoms with E-state index in [0.717, 1.165) is 55.1 Å². The van der Waals surface area contributed by atoms with Crippen LogP contribution in [0.1, 0.15) is 24.1 Å². The monoisotopic (exact) mass is 358 g/mol. The lowest BCUT2D eigenvalue weighted by Crippen LogP contribution is -2.29. The van der Waals surface area contributed by atoms with E-state index in [2.05, 4.69) is 10.4 Å². The van der Waals surface area contributed by atoms with Crippen molar-refractivity contribution in [1.82, 2.24) is 14.2 Å². The molecule has 0 atom stereocenters. The van der Waals surface area contributed by atoms with E-state index in [0.29, 0.717) is 5.52 Å². The van der Waals surface area contributed by atoms with Crippen LogP contribution in [0.25, 0.3) is 5.52 Å². The van der Waals surface area contributed by atoms with Crippen LogP contribution in [-0.2, 0) is 24.2 Å². The van der Waals surface area contributed by atoms with E-state index in [4.69, 9.17) is 0 Å². The summed E-state index contributed by atoms with van der Waals surface area (Å²) < 4.78 is 29.6. The van der Waals surface area contributed by atoms with Crippen molar-refractivity contribution in [2.75, 3.05) is 5.32 Å². The average Bonchev–Trinajstić information content (AvgIpc) is 3.00. The maximum atomic E-state index is 13.6. The summed E-state index contributed by atoms with van der Waals surface area (Å²) in [6, 6.07) is 2.79. The van der Waals surface area contributed by atoms with Gasteiger partial charge in [0.25, 0.3) is 5.56 Å². The number of amides is 1. The second-order valence-corrected chi connectivity index (χ2v) is 6.33. The topological polar surface area (TPSA) is 68.4 Å². The van der Waals surface area contributed by atoms with Gasteiger partial charge in [-0.15, -0.1) is 0 Å². The van der Waals surface area contributed by atoms with Gasteiger partial charge in [-0.1, -0.05) is 0 Å². The SMILES string of the molecule is O=C(Cn1ccn2nc3c(c2c1=O)CCCC3)Nc1cc(F)ccc1F. The van der Waals surface area contributed by atoms with Crippen LogP contribution in [0.2, 0.25) is 0 Å². The molecule has 1 N–H and O–H groups in total. The molecule has 1 amide bonds. The molecule has 6 nitrogen and oxygen atoms in total. The van der Waals surface area contributed by atoms with Crippen molar-refractivity contribution in [3.63, 3.8) is 0 Å². The summed E-state index contributed by atoms with van der Waals surface area (Å²) in [5.41, 5.74) is 1.76. The molecule has 0 aliphatic heterocycles. The predicted octanol–water partition coefficient (Wildman–Crippen LogP) is 2.29. The van der Waals surface area contributed by atoms with E-state index in [1.54, 1.807) is 10.7 Å².